The van der Waals surface area contributed by atoms with E-state index < -0.39 is 0 Å². The Hall–Kier alpha value is -1.45. The zero-order valence-corrected chi connectivity index (χ0v) is 14.1. The van der Waals surface area contributed by atoms with Gasteiger partial charge in [0, 0.05) is 15.4 Å². The molecule has 2 aromatic carbocycles. The van der Waals surface area contributed by atoms with Gasteiger partial charge in [-0.1, -0.05) is 12.1 Å². The molecule has 0 bridgehead atoms. The van der Waals surface area contributed by atoms with Gasteiger partial charge in [-0.3, -0.25) is 4.79 Å². The van der Waals surface area contributed by atoms with Crippen molar-refractivity contribution < 1.29 is 4.79 Å². The Morgan fingerprint density at radius 2 is 1.24 bits per heavy atom. The Morgan fingerprint density at radius 1 is 0.810 bits per heavy atom. The first-order chi connectivity index (χ1) is 10.1. The molecular weight excluding hydrogens is 296 g/mol. The van der Waals surface area contributed by atoms with E-state index >= 15 is 0 Å². The molecule has 0 N–H and O–H groups in total. The molecule has 3 heteroatoms. The molecule has 0 aromatic heterocycles. The average Bonchev–Trinajstić information content (AvgIpc) is 2.55. The largest absolute Gasteiger partial charge is 0.289 e. The summed E-state index contributed by atoms with van der Waals surface area (Å²) >= 11 is 3.39. The molecule has 0 amide bonds. The van der Waals surface area contributed by atoms with E-state index in [0.717, 1.165) is 16.7 Å². The Balaban J connectivity index is 2.17. The number of hydrogen-bond donors (Lipinski definition) is 0. The van der Waals surface area contributed by atoms with Crippen molar-refractivity contribution in [2.24, 2.45) is 0 Å². The molecular formula is C18H18OS2. The Kier molecular flexibility index (Phi) is 5.71. The Labute approximate surface area is 134 Å². The fourth-order valence-corrected chi connectivity index (χ4v) is 2.79. The summed E-state index contributed by atoms with van der Waals surface area (Å²) in [6, 6.07) is 16.0. The van der Waals surface area contributed by atoms with Gasteiger partial charge >= 0.3 is 0 Å². The minimum absolute atomic E-state index is 0.0501. The summed E-state index contributed by atoms with van der Waals surface area (Å²) in [7, 11) is 0. The molecule has 0 atom stereocenters. The number of rotatable bonds is 5. The van der Waals surface area contributed by atoms with E-state index in [2.05, 4.69) is 30.5 Å². The van der Waals surface area contributed by atoms with Gasteiger partial charge in [-0.05, 0) is 73.0 Å². The van der Waals surface area contributed by atoms with Crippen molar-refractivity contribution in [2.45, 2.75) is 16.7 Å². The predicted molar refractivity (Wildman–Crippen MR) is 94.4 cm³/mol. The summed E-state index contributed by atoms with van der Waals surface area (Å²) in [6.07, 6.45) is 5.79. The van der Waals surface area contributed by atoms with Crippen LogP contribution in [0.25, 0.3) is 5.57 Å². The highest BCUT2D eigenvalue weighted by molar-refractivity contribution is 7.98. The summed E-state index contributed by atoms with van der Waals surface area (Å²) in [6.45, 7) is 1.97. The van der Waals surface area contributed by atoms with Gasteiger partial charge < -0.3 is 0 Å². The molecule has 0 aliphatic rings. The maximum Gasteiger partial charge on any atom is 0.186 e. The van der Waals surface area contributed by atoms with Crippen LogP contribution in [0, 0.1) is 0 Å². The first-order valence-corrected chi connectivity index (χ1v) is 9.10. The van der Waals surface area contributed by atoms with Crippen LogP contribution >= 0.6 is 23.5 Å². The lowest BCUT2D eigenvalue weighted by Crippen LogP contribution is -1.95. The number of hydrogen-bond acceptors (Lipinski definition) is 3. The third kappa shape index (κ3) is 4.26. The number of carbonyl (C=O) groups excluding carboxylic acids is 1. The van der Waals surface area contributed by atoms with E-state index in [-0.39, 0.29) is 5.78 Å². The van der Waals surface area contributed by atoms with Gasteiger partial charge in [-0.2, -0.15) is 0 Å². The highest BCUT2D eigenvalue weighted by atomic mass is 32.2. The molecule has 0 heterocycles. The minimum atomic E-state index is 0.0501. The highest BCUT2D eigenvalue weighted by Crippen LogP contribution is 2.21. The molecule has 108 valence electrons. The molecule has 0 fully saturated rings. The number of ketones is 1. The van der Waals surface area contributed by atoms with Gasteiger partial charge in [-0.15, -0.1) is 23.5 Å². The van der Waals surface area contributed by atoms with E-state index in [4.69, 9.17) is 0 Å². The van der Waals surface area contributed by atoms with E-state index in [0.29, 0.717) is 0 Å². The molecule has 0 saturated heterocycles. The minimum Gasteiger partial charge on any atom is -0.289 e. The van der Waals surface area contributed by atoms with E-state index in [1.807, 2.05) is 37.4 Å². The molecule has 0 unspecified atom stereocenters. The van der Waals surface area contributed by atoms with Gasteiger partial charge in [0.15, 0.2) is 5.78 Å². The Morgan fingerprint density at radius 3 is 1.67 bits per heavy atom. The van der Waals surface area contributed by atoms with E-state index in [1.54, 1.807) is 29.6 Å². The van der Waals surface area contributed by atoms with Crippen LogP contribution in [-0.4, -0.2) is 18.3 Å². The van der Waals surface area contributed by atoms with Gasteiger partial charge in [-0.25, -0.2) is 0 Å². The van der Waals surface area contributed by atoms with Crippen LogP contribution in [0.15, 0.2) is 64.4 Å². The first kappa shape index (κ1) is 15.9. The molecule has 1 nitrogen and oxygen atoms in total. The normalized spacial score (nSPS) is 11.5. The van der Waals surface area contributed by atoms with Crippen molar-refractivity contribution in [3.63, 3.8) is 0 Å². The van der Waals surface area contributed by atoms with Crippen LogP contribution in [0.3, 0.4) is 0 Å². The van der Waals surface area contributed by atoms with Gasteiger partial charge in [0.2, 0.25) is 0 Å². The van der Waals surface area contributed by atoms with Crippen LogP contribution in [0.1, 0.15) is 22.8 Å². The number of allylic oxidation sites excluding steroid dienone is 2. The molecule has 0 aliphatic heterocycles. The smallest absolute Gasteiger partial charge is 0.186 e. The molecule has 2 rings (SSSR count). The molecule has 0 saturated carbocycles. The van der Waals surface area contributed by atoms with Crippen LogP contribution in [0.4, 0.5) is 0 Å². The van der Waals surface area contributed by atoms with Crippen LogP contribution in [0.5, 0.6) is 0 Å². The standard InChI is InChI=1S/C18H18OS2/c1-13(14-4-8-16(20-2)9-5-14)12-18(19)15-6-10-17(21-3)11-7-15/h4-12H,1-3H3. The summed E-state index contributed by atoms with van der Waals surface area (Å²) in [5.41, 5.74) is 2.80. The van der Waals surface area contributed by atoms with Crippen LogP contribution in [-0.2, 0) is 0 Å². The number of benzene rings is 2. The molecule has 21 heavy (non-hydrogen) atoms. The predicted octanol–water partition coefficient (Wildman–Crippen LogP) is 5.42. The van der Waals surface area contributed by atoms with Gasteiger partial charge in [0.25, 0.3) is 0 Å². The second kappa shape index (κ2) is 7.53. The fourth-order valence-electron chi connectivity index (χ4n) is 1.97. The lowest BCUT2D eigenvalue weighted by atomic mass is 10.0. The van der Waals surface area contributed by atoms with E-state index in [9.17, 15) is 4.79 Å². The van der Waals surface area contributed by atoms with Crippen LogP contribution in [0.2, 0.25) is 0 Å². The molecule has 0 spiro atoms. The van der Waals surface area contributed by atoms with Crippen molar-refractivity contribution in [2.75, 3.05) is 12.5 Å². The van der Waals surface area contributed by atoms with Crippen LogP contribution < -0.4 is 0 Å². The van der Waals surface area contributed by atoms with Crippen molar-refractivity contribution in [3.05, 3.63) is 65.7 Å². The van der Waals surface area contributed by atoms with Crippen molar-refractivity contribution in [1.82, 2.24) is 0 Å². The highest BCUT2D eigenvalue weighted by Gasteiger charge is 2.04. The molecule has 0 aliphatic carbocycles. The second-order valence-corrected chi connectivity index (χ2v) is 6.41. The first-order valence-electron chi connectivity index (χ1n) is 6.65. The van der Waals surface area contributed by atoms with Crippen molar-refractivity contribution in [3.8, 4) is 0 Å². The lowest BCUT2D eigenvalue weighted by Gasteiger charge is -2.04. The SMILES string of the molecule is CSc1ccc(C(=O)C=C(C)c2ccc(SC)cc2)cc1. The number of carbonyl (C=O) groups is 1. The summed E-state index contributed by atoms with van der Waals surface area (Å²) < 4.78 is 0. The van der Waals surface area contributed by atoms with Crippen molar-refractivity contribution in [1.29, 1.82) is 0 Å². The monoisotopic (exact) mass is 314 g/mol. The topological polar surface area (TPSA) is 17.1 Å². The quantitative estimate of drug-likeness (QED) is 0.417. The summed E-state index contributed by atoms with van der Waals surface area (Å²) in [5, 5.41) is 0. The Bertz CT molecular complexity index is 640. The molecule has 2 aromatic rings. The van der Waals surface area contributed by atoms with Gasteiger partial charge in [0.1, 0.15) is 0 Å². The zero-order valence-electron chi connectivity index (χ0n) is 12.4. The third-order valence-electron chi connectivity index (χ3n) is 3.27. The fraction of sp³-hybridized carbons (Fsp3) is 0.167. The lowest BCUT2D eigenvalue weighted by molar-refractivity contribution is 0.104. The second-order valence-electron chi connectivity index (χ2n) is 4.65. The average molecular weight is 314 g/mol. The van der Waals surface area contributed by atoms with E-state index in [1.165, 1.54) is 9.79 Å². The summed E-state index contributed by atoms with van der Waals surface area (Å²) in [4.78, 5) is 14.7. The molecule has 0 radical (unpaired) electrons. The maximum absolute atomic E-state index is 12.3. The van der Waals surface area contributed by atoms with Gasteiger partial charge in [0.05, 0.1) is 0 Å². The summed E-state index contributed by atoms with van der Waals surface area (Å²) in [5.74, 6) is 0.0501. The van der Waals surface area contributed by atoms with Crippen molar-refractivity contribution >= 4 is 34.9 Å². The maximum atomic E-state index is 12.3. The third-order valence-corrected chi connectivity index (χ3v) is 4.75. The zero-order chi connectivity index (χ0) is 15.2. The number of thioether (sulfide) groups is 2.